The summed E-state index contributed by atoms with van der Waals surface area (Å²) in [5.74, 6) is -2.21. The Labute approximate surface area is 426 Å². The highest BCUT2D eigenvalue weighted by molar-refractivity contribution is 8.02. The highest BCUT2D eigenvalue weighted by atomic mass is 35.5. The van der Waals surface area contributed by atoms with E-state index in [0.29, 0.717) is 30.8 Å². The van der Waals surface area contributed by atoms with Gasteiger partial charge in [0.15, 0.2) is 5.72 Å². The maximum absolute atomic E-state index is 14.4. The number of anilines is 1. The second-order valence-electron chi connectivity index (χ2n) is 20.6. The van der Waals surface area contributed by atoms with Crippen LogP contribution < -0.4 is 20.3 Å². The number of thioether (sulfide) groups is 1. The Hall–Kier alpha value is -4.69. The summed E-state index contributed by atoms with van der Waals surface area (Å²) in [6, 6.07) is 2.45. The van der Waals surface area contributed by atoms with Crippen LogP contribution in [0.25, 0.3) is 0 Å². The number of methoxy groups -OCH3 is 2. The van der Waals surface area contributed by atoms with Crippen molar-refractivity contribution in [2.75, 3.05) is 46.8 Å². The van der Waals surface area contributed by atoms with Gasteiger partial charge in [-0.15, -0.1) is 11.8 Å². The van der Waals surface area contributed by atoms with Crippen molar-refractivity contribution in [1.29, 1.82) is 0 Å². The van der Waals surface area contributed by atoms with E-state index in [0.717, 1.165) is 36.8 Å². The predicted molar refractivity (Wildman–Crippen MR) is 266 cm³/mol. The van der Waals surface area contributed by atoms with Gasteiger partial charge in [0.25, 0.3) is 0 Å². The van der Waals surface area contributed by atoms with Crippen molar-refractivity contribution in [2.24, 2.45) is 17.8 Å². The zero-order valence-corrected chi connectivity index (χ0v) is 44.4. The van der Waals surface area contributed by atoms with E-state index in [2.05, 4.69) is 10.6 Å². The summed E-state index contributed by atoms with van der Waals surface area (Å²) in [4.78, 5) is 98.2. The van der Waals surface area contributed by atoms with Crippen LogP contribution in [0.4, 0.5) is 10.5 Å². The summed E-state index contributed by atoms with van der Waals surface area (Å²) in [5, 5.41) is 16.7. The topological polar surface area (TPSA) is 223 Å². The Kier molecular flexibility index (Phi) is 17.7. The number of hydrogen-bond acceptors (Lipinski definition) is 14. The quantitative estimate of drug-likeness (QED) is 0.126. The number of amides is 6. The number of imide groups is 1. The lowest BCUT2D eigenvalue weighted by Gasteiger charge is -2.42. The second kappa shape index (κ2) is 22.6. The van der Waals surface area contributed by atoms with Crippen LogP contribution in [0, 0.1) is 17.8 Å². The molecule has 4 fully saturated rings. The van der Waals surface area contributed by atoms with Crippen molar-refractivity contribution in [2.45, 2.75) is 158 Å². The fourth-order valence-corrected chi connectivity index (χ4v) is 12.0. The first kappa shape index (κ1) is 55.6. The summed E-state index contributed by atoms with van der Waals surface area (Å²) in [6.07, 6.45) is 3.89. The van der Waals surface area contributed by atoms with E-state index < -0.39 is 75.7 Å². The molecule has 3 N–H and O–H groups in total. The van der Waals surface area contributed by atoms with Gasteiger partial charge in [-0.3, -0.25) is 34.2 Å². The smallest absolute Gasteiger partial charge is 0.409 e. The molecule has 4 bridgehead atoms. The van der Waals surface area contributed by atoms with Gasteiger partial charge in [-0.25, -0.2) is 9.59 Å². The molecule has 3 saturated heterocycles. The van der Waals surface area contributed by atoms with E-state index in [9.17, 15) is 38.7 Å². The Bertz CT molecular complexity index is 2290. The van der Waals surface area contributed by atoms with Crippen LogP contribution in [-0.2, 0) is 54.1 Å². The largest absolute Gasteiger partial charge is 0.495 e. The molecule has 392 valence electrons. The highest BCUT2D eigenvalue weighted by Crippen LogP contribution is 2.49. The molecule has 4 heterocycles. The molecule has 20 heteroatoms. The molecule has 5 aliphatic rings. The van der Waals surface area contributed by atoms with Crippen LogP contribution in [0.15, 0.2) is 35.9 Å². The van der Waals surface area contributed by atoms with Gasteiger partial charge in [-0.2, -0.15) is 0 Å². The molecule has 0 aromatic heterocycles. The molecule has 6 rings (SSSR count). The molecule has 2 unspecified atom stereocenters. The Morgan fingerprint density at radius 1 is 1.10 bits per heavy atom. The number of ether oxygens (including phenoxy) is 5. The van der Waals surface area contributed by atoms with Crippen LogP contribution in [0.2, 0.25) is 5.02 Å². The van der Waals surface area contributed by atoms with E-state index in [1.807, 2.05) is 26.8 Å². The number of fused-ring (bicyclic) bond motifs is 5. The molecule has 1 aromatic carbocycles. The van der Waals surface area contributed by atoms with Gasteiger partial charge in [-0.1, -0.05) is 56.2 Å². The monoisotopic (exact) mass is 1030 g/mol. The SMILES string of the molecule is CNC(=O)C1CCC(CN2C(=O)CC(SC(C)(C)CCC(=O)N(C)[C@@H](C)C(=O)O[C@H]3CC(=O)N(C)c4cc(cc(OC)c4Cl)C/C(C)=C/C=C/[C@@H](OC)[C@]4(O)C[C@H](OC(=O)N4)[C@@H](C)C4O[C@]43C)C2=O)CC1. The number of likely N-dealkylation sites (N-methyl/N-ethyl adjacent to an activating group) is 1. The number of benzene rings is 1. The number of epoxide rings is 1. The number of aliphatic hydroxyl groups is 1. The van der Waals surface area contributed by atoms with Gasteiger partial charge < -0.3 is 43.9 Å². The molecule has 1 aliphatic carbocycles. The Morgan fingerprint density at radius 2 is 1.79 bits per heavy atom. The first-order valence-electron chi connectivity index (χ1n) is 24.4. The number of carbonyl (C=O) groups excluding carboxylic acids is 7. The number of rotatable bonds is 13. The zero-order chi connectivity index (χ0) is 52.3. The minimum atomic E-state index is -1.87. The third kappa shape index (κ3) is 12.7. The van der Waals surface area contributed by atoms with E-state index in [-0.39, 0.29) is 66.2 Å². The van der Waals surface area contributed by atoms with Gasteiger partial charge in [0.1, 0.15) is 40.7 Å². The van der Waals surface area contributed by atoms with Crippen LogP contribution in [0.1, 0.15) is 105 Å². The van der Waals surface area contributed by atoms with Crippen LogP contribution >= 0.6 is 23.4 Å². The van der Waals surface area contributed by atoms with Gasteiger partial charge in [0.05, 0.1) is 30.6 Å². The van der Waals surface area contributed by atoms with Gasteiger partial charge in [0, 0.05) is 70.6 Å². The number of likely N-dealkylation sites (tertiary alicyclic amines) is 1. The fourth-order valence-electron chi connectivity index (χ4n) is 10.3. The van der Waals surface area contributed by atoms with Crippen molar-refractivity contribution < 1.29 is 62.4 Å². The number of halogens is 1. The molecule has 9 atom stereocenters. The summed E-state index contributed by atoms with van der Waals surface area (Å²) < 4.78 is 28.9. The number of allylic oxidation sites excluding steroid dienone is 3. The Morgan fingerprint density at radius 3 is 2.44 bits per heavy atom. The third-order valence-electron chi connectivity index (χ3n) is 15.0. The van der Waals surface area contributed by atoms with Crippen molar-refractivity contribution in [1.82, 2.24) is 20.4 Å². The van der Waals surface area contributed by atoms with E-state index >= 15 is 0 Å². The molecular formula is C51H72ClN5O13S. The molecule has 6 amide bonds. The van der Waals surface area contributed by atoms with E-state index in [1.54, 1.807) is 52.2 Å². The summed E-state index contributed by atoms with van der Waals surface area (Å²) in [6.45, 7) is 11.1. The lowest BCUT2D eigenvalue weighted by Crippen LogP contribution is -2.63. The van der Waals surface area contributed by atoms with Crippen molar-refractivity contribution in [3.8, 4) is 5.75 Å². The molecule has 4 aliphatic heterocycles. The maximum atomic E-state index is 14.4. The summed E-state index contributed by atoms with van der Waals surface area (Å²) in [5.41, 5.74) is -1.13. The number of nitrogens with zero attached hydrogens (tertiary/aromatic N) is 3. The van der Waals surface area contributed by atoms with Crippen LogP contribution in [-0.4, -0.2) is 150 Å². The number of carbonyl (C=O) groups is 7. The van der Waals surface area contributed by atoms with E-state index in [4.69, 9.17) is 35.3 Å². The Balaban J connectivity index is 1.15. The van der Waals surface area contributed by atoms with Crippen LogP contribution in [0.5, 0.6) is 5.75 Å². The van der Waals surface area contributed by atoms with Crippen LogP contribution in [0.3, 0.4) is 0 Å². The summed E-state index contributed by atoms with van der Waals surface area (Å²) in [7, 11) is 7.58. The van der Waals surface area contributed by atoms with Crippen molar-refractivity contribution in [3.63, 3.8) is 0 Å². The number of alkyl carbamates (subject to hydrolysis) is 1. The minimum Gasteiger partial charge on any atom is -0.495 e. The second-order valence-corrected chi connectivity index (χ2v) is 22.9. The predicted octanol–water partition coefficient (Wildman–Crippen LogP) is 5.49. The number of hydrogen-bond donors (Lipinski definition) is 3. The molecule has 1 saturated carbocycles. The highest BCUT2D eigenvalue weighted by Gasteiger charge is 2.64. The number of nitrogens with one attached hydrogen (secondary N) is 2. The van der Waals surface area contributed by atoms with Crippen molar-refractivity contribution in [3.05, 3.63) is 46.5 Å². The average Bonchev–Trinajstić information content (AvgIpc) is 3.96. The van der Waals surface area contributed by atoms with Gasteiger partial charge >= 0.3 is 12.1 Å². The van der Waals surface area contributed by atoms with Gasteiger partial charge in [-0.05, 0) is 82.9 Å². The fraction of sp³-hybridized carbons (Fsp3) is 0.667. The standard InChI is InChI=1S/C51H72ClN5O13S/c1-28-13-12-14-38(67-11)51(65)26-36(68-48(64)54-51)29(2)44-50(6,70-44)39(25-41(59)56(9)34-22-32(21-28)23-35(66-10)43(34)52)69-47(63)30(3)55(8)40(58)19-20-49(4,5)71-37-24-42(60)57(46(37)62)27-31-15-17-33(18-16-31)45(61)53-7/h12-14,22-23,29-31,33,36-39,44,65H,15-21,24-27H2,1-11H3,(H,53,61)(H,54,64)/b14-12+,28-13+/t29-,30+,31?,33?,36+,37?,38-,39+,44?,50+,51-/m1/s1. The van der Waals surface area contributed by atoms with Gasteiger partial charge in [0.2, 0.25) is 29.5 Å². The first-order valence-corrected chi connectivity index (χ1v) is 25.7. The molecular weight excluding hydrogens is 958 g/mol. The normalized spacial score (nSPS) is 32.1. The molecule has 18 nitrogen and oxygen atoms in total. The summed E-state index contributed by atoms with van der Waals surface area (Å²) >= 11 is 8.19. The van der Waals surface area contributed by atoms with E-state index in [1.165, 1.54) is 54.7 Å². The third-order valence-corrected chi connectivity index (χ3v) is 16.9. The maximum Gasteiger partial charge on any atom is 0.409 e. The number of esters is 1. The van der Waals surface area contributed by atoms with Crippen molar-refractivity contribution >= 4 is 70.6 Å². The zero-order valence-electron chi connectivity index (χ0n) is 42.8. The lowest BCUT2D eigenvalue weighted by molar-refractivity contribution is -0.162. The minimum absolute atomic E-state index is 0.0219. The first-order chi connectivity index (χ1) is 33.3. The molecule has 0 radical (unpaired) electrons. The molecule has 1 aromatic rings. The average molecular weight is 1030 g/mol. The molecule has 0 spiro atoms. The lowest BCUT2D eigenvalue weighted by atomic mass is 9.81. The molecule has 71 heavy (non-hydrogen) atoms.